The van der Waals surface area contributed by atoms with Gasteiger partial charge in [0, 0.05) is 20.2 Å². The molecule has 2 heterocycles. The van der Waals surface area contributed by atoms with E-state index in [-0.39, 0.29) is 24.3 Å². The van der Waals surface area contributed by atoms with Gasteiger partial charge >= 0.3 is 12.1 Å². The zero-order chi connectivity index (χ0) is 20.8. The topological polar surface area (TPSA) is 101 Å². The van der Waals surface area contributed by atoms with Crippen molar-refractivity contribution in [1.82, 2.24) is 10.3 Å². The number of benzene rings is 1. The summed E-state index contributed by atoms with van der Waals surface area (Å²) in [5.74, 6) is -1.00. The van der Waals surface area contributed by atoms with Crippen LogP contribution < -0.4 is 10.2 Å². The number of amides is 1. The number of nitrogens with one attached hydrogen (secondary N) is 1. The number of methoxy groups -OCH3 is 1. The number of carboxylic acids is 1. The molecule has 2 atom stereocenters. The summed E-state index contributed by atoms with van der Waals surface area (Å²) in [7, 11) is 1.59. The van der Waals surface area contributed by atoms with Crippen LogP contribution in [-0.4, -0.2) is 54.5 Å². The Balaban J connectivity index is 1.58. The van der Waals surface area contributed by atoms with Crippen LogP contribution in [0, 0.1) is 6.92 Å². The van der Waals surface area contributed by atoms with Gasteiger partial charge in [-0.25, -0.2) is 9.59 Å². The SMILES string of the molecule is COC1CN(c2cnc(C)c(C(=O)O)c2)CCC1NC(=O)OCc1ccccc1. The molecule has 8 heteroatoms. The van der Waals surface area contributed by atoms with Crippen molar-refractivity contribution < 1.29 is 24.2 Å². The van der Waals surface area contributed by atoms with E-state index in [9.17, 15) is 14.7 Å². The third kappa shape index (κ3) is 5.23. The number of carboxylic acid groups (broad SMARTS) is 1. The van der Waals surface area contributed by atoms with Crippen molar-refractivity contribution >= 4 is 17.7 Å². The monoisotopic (exact) mass is 399 g/mol. The zero-order valence-corrected chi connectivity index (χ0v) is 16.5. The van der Waals surface area contributed by atoms with Crippen molar-refractivity contribution in [1.29, 1.82) is 0 Å². The van der Waals surface area contributed by atoms with Gasteiger partial charge in [-0.05, 0) is 25.0 Å². The Labute approximate surface area is 169 Å². The maximum absolute atomic E-state index is 12.2. The van der Waals surface area contributed by atoms with Crippen molar-refractivity contribution in [3.05, 3.63) is 59.4 Å². The normalized spacial score (nSPS) is 18.9. The number of rotatable bonds is 6. The maximum atomic E-state index is 12.2. The number of aryl methyl sites for hydroxylation is 1. The third-order valence-corrected chi connectivity index (χ3v) is 5.05. The molecule has 0 spiro atoms. The molecular weight excluding hydrogens is 374 g/mol. The number of nitrogens with zero attached hydrogens (tertiary/aromatic N) is 2. The van der Waals surface area contributed by atoms with Crippen LogP contribution in [0.4, 0.5) is 10.5 Å². The van der Waals surface area contributed by atoms with Gasteiger partial charge in [0.15, 0.2) is 0 Å². The van der Waals surface area contributed by atoms with Gasteiger partial charge in [-0.2, -0.15) is 0 Å². The van der Waals surface area contributed by atoms with Gasteiger partial charge in [-0.1, -0.05) is 30.3 Å². The smallest absolute Gasteiger partial charge is 0.407 e. The van der Waals surface area contributed by atoms with Crippen LogP contribution in [0.2, 0.25) is 0 Å². The summed E-state index contributed by atoms with van der Waals surface area (Å²) in [6, 6.07) is 10.9. The minimum atomic E-state index is -1.00. The number of hydrogen-bond acceptors (Lipinski definition) is 6. The van der Waals surface area contributed by atoms with Crippen LogP contribution in [0.15, 0.2) is 42.6 Å². The number of pyridine rings is 1. The zero-order valence-electron chi connectivity index (χ0n) is 16.5. The summed E-state index contributed by atoms with van der Waals surface area (Å²) in [6.07, 6.45) is 1.55. The second-order valence-electron chi connectivity index (χ2n) is 6.95. The first-order valence-electron chi connectivity index (χ1n) is 9.43. The Kier molecular flexibility index (Phi) is 6.66. The molecule has 2 N–H and O–H groups in total. The van der Waals surface area contributed by atoms with Crippen LogP contribution in [0.5, 0.6) is 0 Å². The van der Waals surface area contributed by atoms with E-state index in [2.05, 4.69) is 10.3 Å². The highest BCUT2D eigenvalue weighted by molar-refractivity contribution is 5.89. The molecule has 1 aromatic carbocycles. The number of alkyl carbamates (subject to hydrolysis) is 1. The van der Waals surface area contributed by atoms with Crippen LogP contribution in [0.3, 0.4) is 0 Å². The molecule has 3 rings (SSSR count). The first-order valence-corrected chi connectivity index (χ1v) is 9.43. The molecule has 1 saturated heterocycles. The molecule has 0 bridgehead atoms. The highest BCUT2D eigenvalue weighted by Crippen LogP contribution is 2.23. The summed E-state index contributed by atoms with van der Waals surface area (Å²) < 4.78 is 10.9. The minimum Gasteiger partial charge on any atom is -0.478 e. The highest BCUT2D eigenvalue weighted by atomic mass is 16.5. The molecule has 1 aliphatic rings. The number of anilines is 1. The fraction of sp³-hybridized carbons (Fsp3) is 0.381. The van der Waals surface area contributed by atoms with Gasteiger partial charge in [-0.15, -0.1) is 0 Å². The minimum absolute atomic E-state index is 0.182. The van der Waals surface area contributed by atoms with Crippen molar-refractivity contribution in [3.63, 3.8) is 0 Å². The fourth-order valence-electron chi connectivity index (χ4n) is 3.38. The Morgan fingerprint density at radius 3 is 2.76 bits per heavy atom. The number of carbonyl (C=O) groups is 2. The van der Waals surface area contributed by atoms with Gasteiger partial charge in [0.1, 0.15) is 6.61 Å². The first kappa shape index (κ1) is 20.6. The van der Waals surface area contributed by atoms with E-state index in [4.69, 9.17) is 9.47 Å². The Morgan fingerprint density at radius 1 is 1.31 bits per heavy atom. The second-order valence-corrected chi connectivity index (χ2v) is 6.95. The van der Waals surface area contributed by atoms with Gasteiger partial charge in [-0.3, -0.25) is 4.98 Å². The van der Waals surface area contributed by atoms with Crippen LogP contribution in [-0.2, 0) is 16.1 Å². The number of aromatic carboxylic acids is 1. The molecule has 29 heavy (non-hydrogen) atoms. The van der Waals surface area contributed by atoms with E-state index >= 15 is 0 Å². The lowest BCUT2D eigenvalue weighted by molar-refractivity contribution is 0.0546. The molecule has 1 aromatic heterocycles. The molecule has 2 aromatic rings. The molecule has 1 amide bonds. The molecule has 1 fully saturated rings. The van der Waals surface area contributed by atoms with Gasteiger partial charge < -0.3 is 24.8 Å². The van der Waals surface area contributed by atoms with E-state index < -0.39 is 12.1 Å². The van der Waals surface area contributed by atoms with Crippen molar-refractivity contribution in [2.75, 3.05) is 25.1 Å². The predicted molar refractivity (Wildman–Crippen MR) is 107 cm³/mol. The van der Waals surface area contributed by atoms with E-state index in [1.807, 2.05) is 35.2 Å². The van der Waals surface area contributed by atoms with E-state index in [1.165, 1.54) is 0 Å². The molecule has 0 saturated carbocycles. The van der Waals surface area contributed by atoms with Crippen LogP contribution in [0.1, 0.15) is 28.0 Å². The lowest BCUT2D eigenvalue weighted by Gasteiger charge is -2.39. The average molecular weight is 399 g/mol. The quantitative estimate of drug-likeness (QED) is 0.770. The number of piperidine rings is 1. The van der Waals surface area contributed by atoms with E-state index in [1.54, 1.807) is 26.3 Å². The number of ether oxygens (including phenoxy) is 2. The van der Waals surface area contributed by atoms with Crippen LogP contribution >= 0.6 is 0 Å². The molecule has 1 aliphatic heterocycles. The number of aromatic nitrogens is 1. The van der Waals surface area contributed by atoms with Gasteiger partial charge in [0.2, 0.25) is 0 Å². The largest absolute Gasteiger partial charge is 0.478 e. The first-order chi connectivity index (χ1) is 14.0. The fourth-order valence-corrected chi connectivity index (χ4v) is 3.38. The summed E-state index contributed by atoms with van der Waals surface area (Å²) in [4.78, 5) is 29.8. The molecule has 2 unspecified atom stereocenters. The van der Waals surface area contributed by atoms with Crippen LogP contribution in [0.25, 0.3) is 0 Å². The summed E-state index contributed by atoms with van der Waals surface area (Å²) in [6.45, 7) is 3.01. The summed E-state index contributed by atoms with van der Waals surface area (Å²) in [5.41, 5.74) is 2.30. The van der Waals surface area contributed by atoms with Gasteiger partial charge in [0.25, 0.3) is 0 Å². The molecule has 154 valence electrons. The molecule has 0 radical (unpaired) electrons. The number of hydrogen-bond donors (Lipinski definition) is 2. The lowest BCUT2D eigenvalue weighted by atomic mass is 10.0. The highest BCUT2D eigenvalue weighted by Gasteiger charge is 2.31. The summed E-state index contributed by atoms with van der Waals surface area (Å²) >= 11 is 0. The molecular formula is C21H25N3O5. The predicted octanol–water partition coefficient (Wildman–Crippen LogP) is 2.61. The molecule has 0 aliphatic carbocycles. The number of carbonyl (C=O) groups excluding carboxylic acids is 1. The Morgan fingerprint density at radius 2 is 2.07 bits per heavy atom. The van der Waals surface area contributed by atoms with Crippen molar-refractivity contribution in [3.8, 4) is 0 Å². The standard InChI is InChI=1S/C21H25N3O5/c1-14-17(20(25)26)10-16(11-22-14)24-9-8-18(19(12-24)28-2)23-21(27)29-13-15-6-4-3-5-7-15/h3-7,10-11,18-19H,8-9,12-13H2,1-2H3,(H,23,27)(H,25,26). The second kappa shape index (κ2) is 9.38. The average Bonchev–Trinajstić information content (AvgIpc) is 2.73. The Hall–Kier alpha value is -3.13. The summed E-state index contributed by atoms with van der Waals surface area (Å²) in [5, 5.41) is 12.2. The van der Waals surface area contributed by atoms with E-state index in [0.717, 1.165) is 11.3 Å². The van der Waals surface area contributed by atoms with Crippen molar-refractivity contribution in [2.24, 2.45) is 0 Å². The maximum Gasteiger partial charge on any atom is 0.407 e. The lowest BCUT2D eigenvalue weighted by Crippen LogP contribution is -2.55. The third-order valence-electron chi connectivity index (χ3n) is 5.05. The van der Waals surface area contributed by atoms with E-state index in [0.29, 0.717) is 25.2 Å². The van der Waals surface area contributed by atoms with Crippen molar-refractivity contribution in [2.45, 2.75) is 32.1 Å². The van der Waals surface area contributed by atoms with Gasteiger partial charge in [0.05, 0.1) is 35.3 Å². The molecule has 8 nitrogen and oxygen atoms in total. The Bertz CT molecular complexity index is 859.